The first kappa shape index (κ1) is 31.5. The molecular formula is C34H40FNO5. The number of halogens is 1. The Hall–Kier alpha value is -4.00. The number of hydrogen-bond donors (Lipinski definition) is 1. The second kappa shape index (κ2) is 13.1. The molecule has 1 N–H and O–H groups in total. The molecule has 3 rings (SSSR count). The maximum absolute atomic E-state index is 14.5. The Morgan fingerprint density at radius 2 is 1.46 bits per heavy atom. The van der Waals surface area contributed by atoms with Gasteiger partial charge >= 0.3 is 11.9 Å². The van der Waals surface area contributed by atoms with Gasteiger partial charge in [-0.05, 0) is 113 Å². The average molecular weight is 562 g/mol. The molecular weight excluding hydrogens is 521 g/mol. The van der Waals surface area contributed by atoms with E-state index in [9.17, 15) is 18.8 Å². The van der Waals surface area contributed by atoms with Gasteiger partial charge < -0.3 is 14.8 Å². The largest absolute Gasteiger partial charge is 0.460 e. The molecule has 7 heteroatoms. The number of carbonyl (C=O) groups is 3. The number of rotatable bonds is 9. The van der Waals surface area contributed by atoms with Crippen LogP contribution in [0.3, 0.4) is 0 Å². The Bertz CT molecular complexity index is 1420. The summed E-state index contributed by atoms with van der Waals surface area (Å²) in [6.45, 7) is 12.9. The van der Waals surface area contributed by atoms with Crippen molar-refractivity contribution in [1.29, 1.82) is 0 Å². The van der Waals surface area contributed by atoms with Gasteiger partial charge in [-0.1, -0.05) is 37.3 Å². The van der Waals surface area contributed by atoms with E-state index in [1.807, 2.05) is 45.9 Å². The van der Waals surface area contributed by atoms with Crippen LogP contribution in [0.1, 0.15) is 81.9 Å². The van der Waals surface area contributed by atoms with Crippen molar-refractivity contribution in [2.45, 2.75) is 85.4 Å². The van der Waals surface area contributed by atoms with E-state index in [-0.39, 0.29) is 30.7 Å². The van der Waals surface area contributed by atoms with Gasteiger partial charge in [0.1, 0.15) is 17.0 Å². The Kier molecular flexibility index (Phi) is 10.1. The van der Waals surface area contributed by atoms with E-state index in [0.717, 1.165) is 12.0 Å². The van der Waals surface area contributed by atoms with Crippen LogP contribution < -0.4 is 5.32 Å². The zero-order chi connectivity index (χ0) is 30.4. The number of anilines is 1. The third kappa shape index (κ3) is 10.2. The molecule has 0 saturated carbocycles. The monoisotopic (exact) mass is 561 g/mol. The zero-order valence-electron chi connectivity index (χ0n) is 25.0. The lowest BCUT2D eigenvalue weighted by Gasteiger charge is -2.20. The van der Waals surface area contributed by atoms with Gasteiger partial charge in [-0.3, -0.25) is 14.4 Å². The van der Waals surface area contributed by atoms with Gasteiger partial charge in [0.25, 0.3) is 5.91 Å². The molecule has 0 unspecified atom stereocenters. The summed E-state index contributed by atoms with van der Waals surface area (Å²) in [7, 11) is 0. The van der Waals surface area contributed by atoms with Crippen molar-refractivity contribution in [1.82, 2.24) is 0 Å². The summed E-state index contributed by atoms with van der Waals surface area (Å²) in [4.78, 5) is 38.0. The maximum atomic E-state index is 14.5. The SMILES string of the molecule is CCc1ccc(NC(=O)c2cccc(-c3cc(F)cc(CCC(=O)OC(C)(C)C)c3)c2)c(CC(=O)OC(C)(C)C)c1. The molecule has 3 aromatic rings. The number of esters is 2. The fraction of sp³-hybridized carbons (Fsp3) is 0.382. The fourth-order valence-electron chi connectivity index (χ4n) is 4.30. The van der Waals surface area contributed by atoms with Crippen molar-refractivity contribution < 1.29 is 28.2 Å². The highest BCUT2D eigenvalue weighted by molar-refractivity contribution is 6.05. The molecule has 41 heavy (non-hydrogen) atoms. The Balaban J connectivity index is 1.80. The summed E-state index contributed by atoms with van der Waals surface area (Å²) in [6.07, 6.45) is 1.26. The molecule has 0 aliphatic heterocycles. The second-order valence-electron chi connectivity index (χ2n) is 12.1. The minimum Gasteiger partial charge on any atom is -0.460 e. The Morgan fingerprint density at radius 1 is 0.780 bits per heavy atom. The molecule has 0 spiro atoms. The summed E-state index contributed by atoms with van der Waals surface area (Å²) in [5, 5.41) is 2.93. The molecule has 0 aliphatic rings. The van der Waals surface area contributed by atoms with Gasteiger partial charge in [0.2, 0.25) is 0 Å². The smallest absolute Gasteiger partial charge is 0.310 e. The lowest BCUT2D eigenvalue weighted by Crippen LogP contribution is -2.25. The van der Waals surface area contributed by atoms with E-state index in [4.69, 9.17) is 9.47 Å². The molecule has 0 aliphatic carbocycles. The summed E-state index contributed by atoms with van der Waals surface area (Å²) in [5.41, 5.74) is 3.32. The highest BCUT2D eigenvalue weighted by Crippen LogP contribution is 2.26. The highest BCUT2D eigenvalue weighted by atomic mass is 19.1. The van der Waals surface area contributed by atoms with Gasteiger partial charge in [-0.25, -0.2) is 4.39 Å². The van der Waals surface area contributed by atoms with Crippen LogP contribution in [0.2, 0.25) is 0 Å². The predicted octanol–water partition coefficient (Wildman–Crippen LogP) is 7.47. The first-order chi connectivity index (χ1) is 19.1. The van der Waals surface area contributed by atoms with E-state index in [0.29, 0.717) is 39.9 Å². The molecule has 1 amide bonds. The van der Waals surface area contributed by atoms with Crippen molar-refractivity contribution in [3.63, 3.8) is 0 Å². The molecule has 0 atom stereocenters. The third-order valence-electron chi connectivity index (χ3n) is 6.03. The topological polar surface area (TPSA) is 81.7 Å². The van der Waals surface area contributed by atoms with Crippen molar-refractivity contribution in [3.8, 4) is 11.1 Å². The molecule has 6 nitrogen and oxygen atoms in total. The maximum Gasteiger partial charge on any atom is 0.310 e. The van der Waals surface area contributed by atoms with Gasteiger partial charge in [0, 0.05) is 17.7 Å². The normalized spacial score (nSPS) is 11.6. The molecule has 0 fully saturated rings. The molecule has 3 aromatic carbocycles. The number of aryl methyl sites for hydroxylation is 2. The standard InChI is InChI=1S/C34H40FNO5/c1-8-22-12-14-29(27(16-22)21-31(38)41-34(5,6)7)36-32(39)25-11-9-10-24(19-25)26-17-23(18-28(35)20-26)13-15-30(37)40-33(2,3)4/h9-12,14,16-20H,8,13,15,21H2,1-7H3,(H,36,39). The van der Waals surface area contributed by atoms with Gasteiger partial charge in [0.15, 0.2) is 0 Å². The molecule has 0 radical (unpaired) electrons. The average Bonchev–Trinajstić information content (AvgIpc) is 2.86. The van der Waals surface area contributed by atoms with Crippen molar-refractivity contribution in [2.24, 2.45) is 0 Å². The van der Waals surface area contributed by atoms with E-state index >= 15 is 0 Å². The van der Waals surface area contributed by atoms with Crippen LogP contribution in [0.4, 0.5) is 10.1 Å². The number of amides is 1. The van der Waals surface area contributed by atoms with Crippen molar-refractivity contribution >= 4 is 23.5 Å². The molecule has 0 saturated heterocycles. The van der Waals surface area contributed by atoms with Crippen LogP contribution in [0.25, 0.3) is 11.1 Å². The Labute approximate surface area is 242 Å². The lowest BCUT2D eigenvalue weighted by molar-refractivity contribution is -0.155. The second-order valence-corrected chi connectivity index (χ2v) is 12.1. The fourth-order valence-corrected chi connectivity index (χ4v) is 4.30. The summed E-state index contributed by atoms with van der Waals surface area (Å²) in [5.74, 6) is -1.51. The number of hydrogen-bond acceptors (Lipinski definition) is 5. The highest BCUT2D eigenvalue weighted by Gasteiger charge is 2.20. The van der Waals surface area contributed by atoms with Crippen LogP contribution in [0.15, 0.2) is 60.7 Å². The predicted molar refractivity (Wildman–Crippen MR) is 159 cm³/mol. The lowest BCUT2D eigenvalue weighted by atomic mass is 9.98. The zero-order valence-corrected chi connectivity index (χ0v) is 25.0. The van der Waals surface area contributed by atoms with Gasteiger partial charge in [0.05, 0.1) is 6.42 Å². The van der Waals surface area contributed by atoms with Gasteiger partial charge in [-0.2, -0.15) is 0 Å². The number of ether oxygens (including phenoxy) is 2. The summed E-state index contributed by atoms with van der Waals surface area (Å²) < 4.78 is 25.4. The molecule has 218 valence electrons. The van der Waals surface area contributed by atoms with E-state index in [1.165, 1.54) is 12.1 Å². The van der Waals surface area contributed by atoms with Crippen molar-refractivity contribution in [3.05, 3.63) is 88.7 Å². The minimum atomic E-state index is -0.615. The van der Waals surface area contributed by atoms with Crippen LogP contribution in [0.5, 0.6) is 0 Å². The Morgan fingerprint density at radius 3 is 2.12 bits per heavy atom. The van der Waals surface area contributed by atoms with E-state index in [1.54, 1.807) is 51.1 Å². The van der Waals surface area contributed by atoms with Crippen LogP contribution in [-0.2, 0) is 38.3 Å². The number of nitrogens with one attached hydrogen (secondary N) is 1. The van der Waals surface area contributed by atoms with E-state index in [2.05, 4.69) is 5.32 Å². The van der Waals surface area contributed by atoms with Crippen LogP contribution >= 0.6 is 0 Å². The summed E-state index contributed by atoms with van der Waals surface area (Å²) >= 11 is 0. The van der Waals surface area contributed by atoms with Gasteiger partial charge in [-0.15, -0.1) is 0 Å². The van der Waals surface area contributed by atoms with Crippen LogP contribution in [0, 0.1) is 5.82 Å². The first-order valence-electron chi connectivity index (χ1n) is 13.9. The van der Waals surface area contributed by atoms with Crippen molar-refractivity contribution in [2.75, 3.05) is 5.32 Å². The number of carbonyl (C=O) groups excluding carboxylic acids is 3. The molecule has 0 bridgehead atoms. The summed E-state index contributed by atoms with van der Waals surface area (Å²) in [6, 6.07) is 17.1. The van der Waals surface area contributed by atoms with Crippen LogP contribution in [-0.4, -0.2) is 29.0 Å². The molecule has 0 aromatic heterocycles. The first-order valence-corrected chi connectivity index (χ1v) is 13.9. The molecule has 0 heterocycles. The van der Waals surface area contributed by atoms with E-state index < -0.39 is 17.0 Å². The quantitative estimate of drug-likeness (QED) is 0.274. The number of benzene rings is 3. The minimum absolute atomic E-state index is 0.0239. The third-order valence-corrected chi connectivity index (χ3v) is 6.03.